The van der Waals surface area contributed by atoms with E-state index in [0.717, 1.165) is 6.07 Å². The second-order valence-electron chi connectivity index (χ2n) is 5.59. The highest BCUT2D eigenvalue weighted by atomic mass is 35.5. The largest absolute Gasteiger partial charge is 0.496 e. The number of anilines is 1. The fourth-order valence-electron chi connectivity index (χ4n) is 2.22. The number of methoxy groups -OCH3 is 1. The van der Waals surface area contributed by atoms with Crippen molar-refractivity contribution < 1.29 is 24.0 Å². The summed E-state index contributed by atoms with van der Waals surface area (Å²) >= 11 is 6.01. The van der Waals surface area contributed by atoms with Gasteiger partial charge in [-0.1, -0.05) is 17.7 Å². The van der Waals surface area contributed by atoms with Gasteiger partial charge in [0.25, 0.3) is 11.6 Å². The third-order valence-corrected chi connectivity index (χ3v) is 4.20. The molecular formula is C18H17ClN2O6. The molecule has 2 rings (SSSR count). The monoisotopic (exact) mass is 392 g/mol. The number of halogens is 1. The van der Waals surface area contributed by atoms with Gasteiger partial charge >= 0.3 is 5.97 Å². The van der Waals surface area contributed by atoms with Crippen LogP contribution in [0.3, 0.4) is 0 Å². The number of esters is 1. The molecule has 0 saturated heterocycles. The predicted octanol–water partition coefficient (Wildman–Crippen LogP) is 3.75. The second-order valence-corrected chi connectivity index (χ2v) is 6.00. The number of nitrogens with one attached hydrogen (secondary N) is 1. The van der Waals surface area contributed by atoms with Crippen molar-refractivity contribution in [3.05, 3.63) is 62.7 Å². The number of nitrogens with zero attached hydrogens (tertiary/aromatic N) is 1. The van der Waals surface area contributed by atoms with Crippen LogP contribution in [0, 0.1) is 17.0 Å². The minimum absolute atomic E-state index is 0.101. The zero-order valence-electron chi connectivity index (χ0n) is 14.8. The molecule has 0 bridgehead atoms. The van der Waals surface area contributed by atoms with Gasteiger partial charge in [-0.15, -0.1) is 0 Å². The van der Waals surface area contributed by atoms with Gasteiger partial charge < -0.3 is 14.8 Å². The summed E-state index contributed by atoms with van der Waals surface area (Å²) < 4.78 is 10.2. The number of nitro benzene ring substituents is 1. The first kappa shape index (κ1) is 20.2. The highest BCUT2D eigenvalue weighted by molar-refractivity contribution is 6.31. The number of amides is 1. The zero-order valence-corrected chi connectivity index (χ0v) is 15.6. The standard InChI is InChI=1S/C18H17ClN2O6/c1-10-14(19)5-4-6-15(10)20-17(22)11(2)27-18(23)13-9-12(21(24)25)7-8-16(13)26-3/h4-9,11H,1-3H3,(H,20,22)/t11-/m1/s1. The summed E-state index contributed by atoms with van der Waals surface area (Å²) in [5, 5.41) is 14.0. The van der Waals surface area contributed by atoms with Gasteiger partial charge in [-0.3, -0.25) is 14.9 Å². The number of non-ortho nitro benzene ring substituents is 1. The lowest BCUT2D eigenvalue weighted by Crippen LogP contribution is -2.30. The highest BCUT2D eigenvalue weighted by Crippen LogP contribution is 2.26. The normalized spacial score (nSPS) is 11.4. The molecule has 1 amide bonds. The number of benzene rings is 2. The minimum Gasteiger partial charge on any atom is -0.496 e. The summed E-state index contributed by atoms with van der Waals surface area (Å²) in [4.78, 5) is 34.9. The maximum Gasteiger partial charge on any atom is 0.342 e. The fourth-order valence-corrected chi connectivity index (χ4v) is 2.40. The molecule has 0 aromatic heterocycles. The first-order chi connectivity index (χ1) is 12.7. The zero-order chi connectivity index (χ0) is 20.1. The van der Waals surface area contributed by atoms with E-state index >= 15 is 0 Å². The Labute approximate surface area is 160 Å². The molecule has 0 unspecified atom stereocenters. The van der Waals surface area contributed by atoms with E-state index in [1.807, 2.05) is 0 Å². The molecule has 9 heteroatoms. The Morgan fingerprint density at radius 3 is 2.59 bits per heavy atom. The van der Waals surface area contributed by atoms with E-state index in [2.05, 4.69) is 5.32 Å². The van der Waals surface area contributed by atoms with Crippen molar-refractivity contribution in [3.8, 4) is 5.75 Å². The van der Waals surface area contributed by atoms with Gasteiger partial charge in [0.1, 0.15) is 11.3 Å². The van der Waals surface area contributed by atoms with Crippen LogP contribution in [0.4, 0.5) is 11.4 Å². The van der Waals surface area contributed by atoms with Crippen LogP contribution < -0.4 is 10.1 Å². The third-order valence-electron chi connectivity index (χ3n) is 3.79. The topological polar surface area (TPSA) is 108 Å². The number of carbonyl (C=O) groups is 2. The number of hydrogen-bond donors (Lipinski definition) is 1. The SMILES string of the molecule is COc1ccc([N+](=O)[O-])cc1C(=O)O[C@H](C)C(=O)Nc1cccc(Cl)c1C. The Morgan fingerprint density at radius 2 is 1.96 bits per heavy atom. The molecule has 0 aliphatic carbocycles. The van der Waals surface area contributed by atoms with E-state index in [1.54, 1.807) is 25.1 Å². The van der Waals surface area contributed by atoms with E-state index in [-0.39, 0.29) is 17.0 Å². The maximum absolute atomic E-state index is 12.4. The summed E-state index contributed by atoms with van der Waals surface area (Å²) in [6, 6.07) is 8.55. The second kappa shape index (κ2) is 8.50. The molecule has 2 aromatic rings. The first-order valence-corrected chi connectivity index (χ1v) is 8.21. The lowest BCUT2D eigenvalue weighted by atomic mass is 10.1. The van der Waals surface area contributed by atoms with Crippen molar-refractivity contribution in [1.82, 2.24) is 0 Å². The van der Waals surface area contributed by atoms with Gasteiger partial charge in [0, 0.05) is 22.8 Å². The molecule has 1 atom stereocenters. The number of ether oxygens (including phenoxy) is 2. The van der Waals surface area contributed by atoms with E-state index in [0.29, 0.717) is 16.3 Å². The van der Waals surface area contributed by atoms with E-state index < -0.39 is 22.9 Å². The average Bonchev–Trinajstić information content (AvgIpc) is 2.64. The molecule has 0 spiro atoms. The Morgan fingerprint density at radius 1 is 1.26 bits per heavy atom. The van der Waals surface area contributed by atoms with E-state index in [4.69, 9.17) is 21.1 Å². The molecule has 0 saturated carbocycles. The summed E-state index contributed by atoms with van der Waals surface area (Å²) in [5.41, 5.74) is 0.717. The van der Waals surface area contributed by atoms with Crippen molar-refractivity contribution >= 4 is 34.9 Å². The Bertz CT molecular complexity index is 899. The van der Waals surface area contributed by atoms with Crippen LogP contribution in [-0.2, 0) is 9.53 Å². The molecule has 0 aliphatic rings. The third kappa shape index (κ3) is 4.73. The van der Waals surface area contributed by atoms with Crippen molar-refractivity contribution in [2.75, 3.05) is 12.4 Å². The minimum atomic E-state index is -1.15. The lowest BCUT2D eigenvalue weighted by Gasteiger charge is -2.16. The van der Waals surface area contributed by atoms with Crippen LogP contribution >= 0.6 is 11.6 Å². The van der Waals surface area contributed by atoms with Crippen molar-refractivity contribution in [2.24, 2.45) is 0 Å². The molecule has 27 heavy (non-hydrogen) atoms. The molecular weight excluding hydrogens is 376 g/mol. The van der Waals surface area contributed by atoms with E-state index in [1.165, 1.54) is 26.2 Å². The fraction of sp³-hybridized carbons (Fsp3) is 0.222. The quantitative estimate of drug-likeness (QED) is 0.455. The van der Waals surface area contributed by atoms with Crippen LogP contribution in [-0.4, -0.2) is 30.0 Å². The molecule has 0 fully saturated rings. The lowest BCUT2D eigenvalue weighted by molar-refractivity contribution is -0.384. The average molecular weight is 393 g/mol. The van der Waals surface area contributed by atoms with Gasteiger partial charge in [-0.25, -0.2) is 4.79 Å². The molecule has 2 aromatic carbocycles. The molecule has 0 heterocycles. The van der Waals surface area contributed by atoms with Gasteiger partial charge in [0.05, 0.1) is 12.0 Å². The molecule has 1 N–H and O–H groups in total. The summed E-state index contributed by atoms with van der Waals surface area (Å²) in [6.07, 6.45) is -1.15. The van der Waals surface area contributed by atoms with Crippen LogP contribution in [0.5, 0.6) is 5.75 Å². The number of rotatable bonds is 6. The summed E-state index contributed by atoms with van der Waals surface area (Å²) in [7, 11) is 1.32. The predicted molar refractivity (Wildman–Crippen MR) is 99.3 cm³/mol. The van der Waals surface area contributed by atoms with Crippen LogP contribution in [0.15, 0.2) is 36.4 Å². The Kier molecular flexibility index (Phi) is 6.36. The van der Waals surface area contributed by atoms with Crippen molar-refractivity contribution in [3.63, 3.8) is 0 Å². The van der Waals surface area contributed by atoms with Gasteiger partial charge in [0.15, 0.2) is 6.10 Å². The summed E-state index contributed by atoms with van der Waals surface area (Å²) in [6.45, 7) is 3.12. The highest BCUT2D eigenvalue weighted by Gasteiger charge is 2.24. The first-order valence-electron chi connectivity index (χ1n) is 7.84. The molecule has 8 nitrogen and oxygen atoms in total. The van der Waals surface area contributed by atoms with Crippen LogP contribution in [0.2, 0.25) is 5.02 Å². The van der Waals surface area contributed by atoms with Gasteiger partial charge in [-0.05, 0) is 37.6 Å². The Hall–Kier alpha value is -3.13. The molecule has 0 aliphatic heterocycles. The van der Waals surface area contributed by atoms with Crippen LogP contribution in [0.1, 0.15) is 22.8 Å². The number of carbonyl (C=O) groups excluding carboxylic acids is 2. The Balaban J connectivity index is 2.15. The van der Waals surface area contributed by atoms with Gasteiger partial charge in [0.2, 0.25) is 0 Å². The molecule has 0 radical (unpaired) electrons. The smallest absolute Gasteiger partial charge is 0.342 e. The molecule has 142 valence electrons. The van der Waals surface area contributed by atoms with E-state index in [9.17, 15) is 19.7 Å². The van der Waals surface area contributed by atoms with Crippen molar-refractivity contribution in [1.29, 1.82) is 0 Å². The van der Waals surface area contributed by atoms with Crippen LogP contribution in [0.25, 0.3) is 0 Å². The van der Waals surface area contributed by atoms with Crippen molar-refractivity contribution in [2.45, 2.75) is 20.0 Å². The summed E-state index contributed by atoms with van der Waals surface area (Å²) in [5.74, 6) is -1.39. The number of nitro groups is 1. The van der Waals surface area contributed by atoms with Gasteiger partial charge in [-0.2, -0.15) is 0 Å². The number of hydrogen-bond acceptors (Lipinski definition) is 6. The maximum atomic E-state index is 12.4.